The fraction of sp³-hybridized carbons (Fsp3) is 0. The summed E-state index contributed by atoms with van der Waals surface area (Å²) >= 11 is 6.40. The van der Waals surface area contributed by atoms with E-state index in [1.54, 1.807) is 30.3 Å². The van der Waals surface area contributed by atoms with Crippen LogP contribution in [0.5, 0.6) is 0 Å². The van der Waals surface area contributed by atoms with Crippen LogP contribution < -0.4 is 4.90 Å². The molecule has 29 heavy (non-hydrogen) atoms. The number of non-ortho nitro benzene ring substituents is 1. The van der Waals surface area contributed by atoms with Gasteiger partial charge in [0.1, 0.15) is 17.3 Å². The third-order valence-electron chi connectivity index (χ3n) is 4.12. The fourth-order valence-electron chi connectivity index (χ4n) is 2.77. The van der Waals surface area contributed by atoms with Crippen LogP contribution in [-0.2, 0) is 4.79 Å². The molecule has 2 heterocycles. The highest BCUT2D eigenvalue weighted by molar-refractivity contribution is 8.27. The third-order valence-corrected chi connectivity index (χ3v) is 5.42. The van der Waals surface area contributed by atoms with Crippen LogP contribution in [0.3, 0.4) is 0 Å². The number of rotatable bonds is 4. The molecular weight excluding hydrogens is 415 g/mol. The van der Waals surface area contributed by atoms with E-state index < -0.39 is 10.7 Å². The second-order valence-corrected chi connectivity index (χ2v) is 7.68. The summed E-state index contributed by atoms with van der Waals surface area (Å²) in [5.41, 5.74) is 0.993. The molecule has 0 saturated carbocycles. The molecule has 0 atom stereocenters. The van der Waals surface area contributed by atoms with Gasteiger partial charge in [-0.3, -0.25) is 19.8 Å². The Labute approximate surface area is 173 Å². The zero-order valence-corrected chi connectivity index (χ0v) is 16.2. The molecule has 0 N–H and O–H groups in total. The van der Waals surface area contributed by atoms with Gasteiger partial charge in [0, 0.05) is 23.8 Å². The average molecular weight is 426 g/mol. The molecule has 144 valence electrons. The molecule has 3 aromatic rings. The number of nitrogens with zero attached hydrogens (tertiary/aromatic N) is 2. The number of hydrogen-bond acceptors (Lipinski definition) is 6. The van der Waals surface area contributed by atoms with Crippen LogP contribution in [0.25, 0.3) is 17.4 Å². The van der Waals surface area contributed by atoms with Crippen molar-refractivity contribution in [1.82, 2.24) is 0 Å². The molecule has 0 unspecified atom stereocenters. The van der Waals surface area contributed by atoms with Gasteiger partial charge in [0.25, 0.3) is 11.6 Å². The van der Waals surface area contributed by atoms with Crippen molar-refractivity contribution < 1.29 is 18.5 Å². The lowest BCUT2D eigenvalue weighted by Gasteiger charge is -2.14. The summed E-state index contributed by atoms with van der Waals surface area (Å²) < 4.78 is 19.2. The van der Waals surface area contributed by atoms with Gasteiger partial charge >= 0.3 is 0 Å². The normalized spacial score (nSPS) is 15.3. The maximum Gasteiger partial charge on any atom is 0.270 e. The summed E-state index contributed by atoms with van der Waals surface area (Å²) in [6, 6.07) is 14.9. The van der Waals surface area contributed by atoms with Crippen molar-refractivity contribution in [2.45, 2.75) is 0 Å². The Morgan fingerprint density at radius 1 is 1.14 bits per heavy atom. The smallest absolute Gasteiger partial charge is 0.270 e. The highest BCUT2D eigenvalue weighted by Crippen LogP contribution is 2.36. The van der Waals surface area contributed by atoms with E-state index >= 15 is 0 Å². The number of carbonyl (C=O) groups is 1. The average Bonchev–Trinajstić information content (AvgIpc) is 3.28. The van der Waals surface area contributed by atoms with Crippen molar-refractivity contribution in [1.29, 1.82) is 0 Å². The van der Waals surface area contributed by atoms with E-state index in [4.69, 9.17) is 16.6 Å². The lowest BCUT2D eigenvalue weighted by molar-refractivity contribution is -0.384. The molecule has 1 aliphatic heterocycles. The number of hydrogen-bond donors (Lipinski definition) is 0. The number of furan rings is 1. The van der Waals surface area contributed by atoms with Crippen molar-refractivity contribution in [3.63, 3.8) is 0 Å². The Bertz CT molecular complexity index is 1170. The van der Waals surface area contributed by atoms with Gasteiger partial charge in [-0.15, -0.1) is 0 Å². The summed E-state index contributed by atoms with van der Waals surface area (Å²) in [5, 5.41) is 10.9. The minimum Gasteiger partial charge on any atom is -0.457 e. The van der Waals surface area contributed by atoms with E-state index in [1.807, 2.05) is 0 Å². The number of thiocarbonyl (C=S) groups is 1. The SMILES string of the molecule is O=C1/C(=C/c2ccc(-c3cccc([N+](=O)[O-])c3)o2)SC(=S)N1c1ccc(F)cc1. The van der Waals surface area contributed by atoms with Crippen LogP contribution in [0.2, 0.25) is 0 Å². The number of thioether (sulfide) groups is 1. The van der Waals surface area contributed by atoms with Crippen LogP contribution >= 0.6 is 24.0 Å². The third kappa shape index (κ3) is 3.82. The van der Waals surface area contributed by atoms with Crippen molar-refractivity contribution in [3.05, 3.63) is 87.3 Å². The highest BCUT2D eigenvalue weighted by Gasteiger charge is 2.33. The summed E-state index contributed by atoms with van der Waals surface area (Å²) in [6.07, 6.45) is 1.56. The predicted molar refractivity (Wildman–Crippen MR) is 113 cm³/mol. The van der Waals surface area contributed by atoms with Crippen LogP contribution in [-0.4, -0.2) is 15.2 Å². The van der Waals surface area contributed by atoms with Crippen molar-refractivity contribution in [2.24, 2.45) is 0 Å². The first-order valence-electron chi connectivity index (χ1n) is 8.30. The molecular formula is C20H11FN2O4S2. The standard InChI is InChI=1S/C20H11FN2O4S2/c21-13-4-6-14(7-5-13)22-19(24)18(29-20(22)28)11-16-8-9-17(27-16)12-2-1-3-15(10-12)23(25)26/h1-11H/b18-11-. The van der Waals surface area contributed by atoms with E-state index in [2.05, 4.69) is 0 Å². The Kier molecular flexibility index (Phi) is 4.99. The molecule has 1 aromatic heterocycles. The van der Waals surface area contributed by atoms with E-state index in [0.29, 0.717) is 32.0 Å². The molecule has 1 amide bonds. The minimum absolute atomic E-state index is 0.0411. The summed E-state index contributed by atoms with van der Waals surface area (Å²) in [6.45, 7) is 0. The quantitative estimate of drug-likeness (QED) is 0.241. The second-order valence-electron chi connectivity index (χ2n) is 6.00. The lowest BCUT2D eigenvalue weighted by atomic mass is 10.1. The van der Waals surface area contributed by atoms with Gasteiger partial charge in [-0.25, -0.2) is 4.39 Å². The molecule has 0 aliphatic carbocycles. The Balaban J connectivity index is 1.60. The first-order valence-corrected chi connectivity index (χ1v) is 9.53. The van der Waals surface area contributed by atoms with E-state index in [0.717, 1.165) is 11.8 Å². The number of anilines is 1. The Hall–Kier alpha value is -3.30. The second kappa shape index (κ2) is 7.61. The van der Waals surface area contributed by atoms with Gasteiger partial charge in [-0.05, 0) is 36.4 Å². The Morgan fingerprint density at radius 3 is 2.62 bits per heavy atom. The molecule has 0 spiro atoms. The van der Waals surface area contributed by atoms with Gasteiger partial charge < -0.3 is 4.42 Å². The molecule has 1 fully saturated rings. The highest BCUT2D eigenvalue weighted by atomic mass is 32.2. The molecule has 1 aliphatic rings. The summed E-state index contributed by atoms with van der Waals surface area (Å²) in [4.78, 5) is 24.9. The number of nitro groups is 1. The van der Waals surface area contributed by atoms with Crippen LogP contribution in [0.15, 0.2) is 70.0 Å². The molecule has 2 aromatic carbocycles. The van der Waals surface area contributed by atoms with Crippen LogP contribution in [0.1, 0.15) is 5.76 Å². The van der Waals surface area contributed by atoms with Gasteiger partial charge in [0.15, 0.2) is 4.32 Å². The van der Waals surface area contributed by atoms with E-state index in [9.17, 15) is 19.3 Å². The monoisotopic (exact) mass is 426 g/mol. The topological polar surface area (TPSA) is 76.6 Å². The van der Waals surface area contributed by atoms with E-state index in [-0.39, 0.29) is 11.6 Å². The number of benzene rings is 2. The van der Waals surface area contributed by atoms with Gasteiger partial charge in [-0.1, -0.05) is 36.1 Å². The molecule has 1 saturated heterocycles. The minimum atomic E-state index is -0.478. The number of carbonyl (C=O) groups excluding carboxylic acids is 1. The first kappa shape index (κ1) is 19.0. The number of nitro benzene ring substituents is 1. The summed E-state index contributed by atoms with van der Waals surface area (Å²) in [5.74, 6) is 0.110. The number of amides is 1. The maximum atomic E-state index is 13.1. The van der Waals surface area contributed by atoms with Gasteiger partial charge in [0.05, 0.1) is 15.5 Å². The summed E-state index contributed by atoms with van der Waals surface area (Å²) in [7, 11) is 0. The fourth-order valence-corrected chi connectivity index (χ4v) is 4.05. The lowest BCUT2D eigenvalue weighted by Crippen LogP contribution is -2.27. The number of halogens is 1. The first-order chi connectivity index (χ1) is 13.9. The van der Waals surface area contributed by atoms with Crippen molar-refractivity contribution in [3.8, 4) is 11.3 Å². The van der Waals surface area contributed by atoms with Gasteiger partial charge in [0.2, 0.25) is 0 Å². The van der Waals surface area contributed by atoms with E-state index in [1.165, 1.54) is 41.3 Å². The van der Waals surface area contributed by atoms with Crippen LogP contribution in [0.4, 0.5) is 15.8 Å². The van der Waals surface area contributed by atoms with Crippen LogP contribution in [0, 0.1) is 15.9 Å². The molecule has 0 radical (unpaired) electrons. The molecule has 4 rings (SSSR count). The Morgan fingerprint density at radius 2 is 1.90 bits per heavy atom. The molecule has 0 bridgehead atoms. The van der Waals surface area contributed by atoms with Crippen molar-refractivity contribution >= 4 is 51.7 Å². The molecule has 9 heteroatoms. The zero-order valence-electron chi connectivity index (χ0n) is 14.6. The largest absolute Gasteiger partial charge is 0.457 e. The predicted octanol–water partition coefficient (Wildman–Crippen LogP) is 5.40. The maximum absolute atomic E-state index is 13.1. The van der Waals surface area contributed by atoms with Gasteiger partial charge in [-0.2, -0.15) is 0 Å². The molecule has 6 nitrogen and oxygen atoms in total. The zero-order chi connectivity index (χ0) is 20.5. The van der Waals surface area contributed by atoms with Crippen molar-refractivity contribution in [2.75, 3.05) is 4.90 Å².